The Balaban J connectivity index is 3.09. The van der Waals surface area contributed by atoms with E-state index in [0.717, 1.165) is 24.3 Å². The number of nitrogens with one attached hydrogen (secondary N) is 1. The fourth-order valence-electron chi connectivity index (χ4n) is 2.19. The molecule has 1 unspecified atom stereocenters. The second-order valence-electron chi connectivity index (χ2n) is 4.67. The third-order valence-electron chi connectivity index (χ3n) is 3.20. The van der Waals surface area contributed by atoms with E-state index in [0.29, 0.717) is 5.69 Å². The van der Waals surface area contributed by atoms with Crippen molar-refractivity contribution < 1.29 is 8.42 Å². The molecule has 0 spiro atoms. The van der Waals surface area contributed by atoms with Crippen LogP contribution >= 0.6 is 0 Å². The van der Waals surface area contributed by atoms with Crippen molar-refractivity contribution in [2.24, 2.45) is 0 Å². The topological polar surface area (TPSA) is 87.2 Å². The van der Waals surface area contributed by atoms with Crippen LogP contribution in [0.3, 0.4) is 0 Å². The minimum Gasteiger partial charge on any atom is -0.398 e. The Morgan fingerprint density at radius 3 is 2.37 bits per heavy atom. The molecule has 1 rings (SSSR count). The van der Waals surface area contributed by atoms with Gasteiger partial charge in [0.05, 0.1) is 5.75 Å². The van der Waals surface area contributed by atoms with Gasteiger partial charge in [0.2, 0.25) is 10.0 Å². The molecule has 3 N–H and O–H groups in total. The van der Waals surface area contributed by atoms with Gasteiger partial charge in [0.25, 0.3) is 0 Å². The molecule has 1 atom stereocenters. The first kappa shape index (κ1) is 15.8. The zero-order valence-electron chi connectivity index (χ0n) is 11.7. The maximum atomic E-state index is 11.1. The highest BCUT2D eigenvalue weighted by Gasteiger charge is 2.17. The summed E-state index contributed by atoms with van der Waals surface area (Å²) in [5.41, 5.74) is 8.32. The number of rotatable bonds is 6. The van der Waals surface area contributed by atoms with Crippen LogP contribution in [0.15, 0.2) is 18.2 Å². The van der Waals surface area contributed by atoms with Crippen LogP contribution in [0.5, 0.6) is 0 Å². The Labute approximate surface area is 115 Å². The third-order valence-corrected chi connectivity index (χ3v) is 4.14. The molecule has 1 aromatic rings. The maximum absolute atomic E-state index is 11.1. The zero-order valence-corrected chi connectivity index (χ0v) is 12.5. The Morgan fingerprint density at radius 2 is 1.89 bits per heavy atom. The predicted molar refractivity (Wildman–Crippen MR) is 79.7 cm³/mol. The minimum absolute atomic E-state index is 0.209. The van der Waals surface area contributed by atoms with Crippen LogP contribution in [0.1, 0.15) is 32.3 Å². The molecule has 6 heteroatoms. The fourth-order valence-corrected chi connectivity index (χ4v) is 3.03. The summed E-state index contributed by atoms with van der Waals surface area (Å²) in [6, 6.07) is 5.67. The van der Waals surface area contributed by atoms with Crippen LogP contribution in [0.4, 0.5) is 11.4 Å². The lowest BCUT2D eigenvalue weighted by Gasteiger charge is -2.23. The van der Waals surface area contributed by atoms with Crippen molar-refractivity contribution >= 4 is 21.4 Å². The first-order valence-electron chi connectivity index (χ1n) is 6.40. The molecule has 5 nitrogen and oxygen atoms in total. The molecule has 0 bridgehead atoms. The van der Waals surface area contributed by atoms with Gasteiger partial charge in [-0.05, 0) is 43.5 Å². The van der Waals surface area contributed by atoms with Gasteiger partial charge in [0.15, 0.2) is 0 Å². The van der Waals surface area contributed by atoms with Crippen LogP contribution in [-0.2, 0) is 10.0 Å². The molecular formula is C13H22N3O2S. The van der Waals surface area contributed by atoms with E-state index < -0.39 is 10.0 Å². The van der Waals surface area contributed by atoms with E-state index in [1.54, 1.807) is 13.0 Å². The van der Waals surface area contributed by atoms with Crippen molar-refractivity contribution in [3.63, 3.8) is 0 Å². The molecule has 0 saturated carbocycles. The normalized spacial score (nSPS) is 13.3. The first-order chi connectivity index (χ1) is 8.78. The largest absolute Gasteiger partial charge is 0.398 e. The molecule has 1 radical (unpaired) electrons. The summed E-state index contributed by atoms with van der Waals surface area (Å²) in [6.45, 7) is 7.67. The molecule has 19 heavy (non-hydrogen) atoms. The van der Waals surface area contributed by atoms with Gasteiger partial charge in [-0.15, -0.1) is 5.14 Å². The van der Waals surface area contributed by atoms with E-state index in [4.69, 9.17) is 10.9 Å². The molecule has 0 amide bonds. The average molecular weight is 284 g/mol. The number of hydrogen-bond acceptors (Lipinski definition) is 4. The van der Waals surface area contributed by atoms with Crippen LogP contribution < -0.4 is 15.8 Å². The van der Waals surface area contributed by atoms with Crippen molar-refractivity contribution in [1.82, 2.24) is 5.14 Å². The Morgan fingerprint density at radius 1 is 1.32 bits per heavy atom. The molecule has 107 valence electrons. The van der Waals surface area contributed by atoms with Gasteiger partial charge in [0, 0.05) is 24.5 Å². The van der Waals surface area contributed by atoms with Crippen molar-refractivity contribution in [3.05, 3.63) is 23.8 Å². The minimum atomic E-state index is -3.75. The SMILES string of the molecule is CCN(CC)c1ccc(N)c(C(C)CS([NH])(=O)=O)c1. The Bertz CT molecular complexity index is 525. The number of nitrogen functional groups attached to an aromatic ring is 1. The number of nitrogens with zero attached hydrogens (tertiary/aromatic N) is 1. The molecule has 0 aliphatic heterocycles. The number of benzene rings is 1. The molecule has 0 aliphatic rings. The summed E-state index contributed by atoms with van der Waals surface area (Å²) in [5, 5.41) is 7.01. The smallest absolute Gasteiger partial charge is 0.225 e. The van der Waals surface area contributed by atoms with Gasteiger partial charge >= 0.3 is 0 Å². The standard InChI is InChI=1S/C13H22N3O2S/c1-4-16(5-2)11-6-7-13(14)12(8-11)10(3)9-19(15,17)18/h6-8,10,15H,4-5,9,14H2,1-3H3. The van der Waals surface area contributed by atoms with E-state index >= 15 is 0 Å². The first-order valence-corrected chi connectivity index (χ1v) is 8.05. The number of hydrogen-bond donors (Lipinski definition) is 1. The second kappa shape index (κ2) is 6.25. The van der Waals surface area contributed by atoms with Gasteiger partial charge in [-0.1, -0.05) is 6.92 Å². The van der Waals surface area contributed by atoms with E-state index in [1.807, 2.05) is 12.1 Å². The molecule has 0 aromatic heterocycles. The van der Waals surface area contributed by atoms with Crippen molar-refractivity contribution in [2.45, 2.75) is 26.7 Å². The number of nitrogens with two attached hydrogens (primary N) is 1. The van der Waals surface area contributed by atoms with Gasteiger partial charge in [-0.25, -0.2) is 8.42 Å². The van der Waals surface area contributed by atoms with E-state index in [9.17, 15) is 8.42 Å². The van der Waals surface area contributed by atoms with E-state index in [-0.39, 0.29) is 11.7 Å². The van der Waals surface area contributed by atoms with Gasteiger partial charge in [-0.2, -0.15) is 0 Å². The molecular weight excluding hydrogens is 262 g/mol. The van der Waals surface area contributed by atoms with Gasteiger partial charge in [-0.3, -0.25) is 0 Å². The van der Waals surface area contributed by atoms with Gasteiger partial charge < -0.3 is 10.6 Å². The van der Waals surface area contributed by atoms with Crippen LogP contribution in [0.25, 0.3) is 0 Å². The molecule has 0 heterocycles. The lowest BCUT2D eigenvalue weighted by molar-refractivity contribution is 0.591. The lowest BCUT2D eigenvalue weighted by Crippen LogP contribution is -2.22. The van der Waals surface area contributed by atoms with Crippen molar-refractivity contribution in [1.29, 1.82) is 0 Å². The fraction of sp³-hybridized carbons (Fsp3) is 0.538. The average Bonchev–Trinajstić information content (AvgIpc) is 2.30. The summed E-state index contributed by atoms with van der Waals surface area (Å²) < 4.78 is 22.1. The van der Waals surface area contributed by atoms with E-state index in [1.165, 1.54) is 0 Å². The number of anilines is 2. The highest BCUT2D eigenvalue weighted by molar-refractivity contribution is 7.88. The lowest BCUT2D eigenvalue weighted by atomic mass is 10.00. The second-order valence-corrected chi connectivity index (χ2v) is 6.23. The molecule has 0 aliphatic carbocycles. The van der Waals surface area contributed by atoms with Crippen molar-refractivity contribution in [2.75, 3.05) is 29.5 Å². The number of sulfonamides is 1. The zero-order chi connectivity index (χ0) is 14.6. The highest BCUT2D eigenvalue weighted by Crippen LogP contribution is 2.28. The monoisotopic (exact) mass is 284 g/mol. The summed E-state index contributed by atoms with van der Waals surface area (Å²) in [5.74, 6) is -0.489. The van der Waals surface area contributed by atoms with E-state index in [2.05, 4.69) is 18.7 Å². The molecule has 0 fully saturated rings. The summed E-state index contributed by atoms with van der Waals surface area (Å²) in [4.78, 5) is 2.17. The third kappa shape index (κ3) is 4.40. The van der Waals surface area contributed by atoms with Gasteiger partial charge in [0.1, 0.15) is 0 Å². The quantitative estimate of drug-likeness (QED) is 0.807. The Hall–Kier alpha value is -1.27. The Kier molecular flexibility index (Phi) is 5.20. The summed E-state index contributed by atoms with van der Waals surface area (Å²) >= 11 is 0. The van der Waals surface area contributed by atoms with Crippen molar-refractivity contribution in [3.8, 4) is 0 Å². The summed E-state index contributed by atoms with van der Waals surface area (Å²) in [7, 11) is -3.75. The highest BCUT2D eigenvalue weighted by atomic mass is 32.2. The van der Waals surface area contributed by atoms with Crippen LogP contribution in [0, 0.1) is 0 Å². The van der Waals surface area contributed by atoms with Crippen LogP contribution in [0.2, 0.25) is 0 Å². The molecule has 0 saturated heterocycles. The molecule has 1 aromatic carbocycles. The predicted octanol–water partition coefficient (Wildman–Crippen LogP) is 1.83. The van der Waals surface area contributed by atoms with Crippen LogP contribution in [-0.4, -0.2) is 27.3 Å². The summed E-state index contributed by atoms with van der Waals surface area (Å²) in [6.07, 6.45) is 0. The maximum Gasteiger partial charge on any atom is 0.225 e.